The fourth-order valence-corrected chi connectivity index (χ4v) is 4.54. The summed E-state index contributed by atoms with van der Waals surface area (Å²) < 4.78 is 25.5. The molecule has 0 aliphatic carbocycles. The molecule has 1 fully saturated rings. The van der Waals surface area contributed by atoms with Crippen molar-refractivity contribution >= 4 is 15.9 Å². The molecule has 25 heavy (non-hydrogen) atoms. The quantitative estimate of drug-likeness (QED) is 0.632. The third-order valence-electron chi connectivity index (χ3n) is 4.49. The molecule has 0 spiro atoms. The van der Waals surface area contributed by atoms with Crippen LogP contribution in [0.4, 0.5) is 0 Å². The van der Waals surface area contributed by atoms with E-state index >= 15 is 0 Å². The molecule has 1 atom stereocenters. The molecule has 7 heteroatoms. The van der Waals surface area contributed by atoms with E-state index in [2.05, 4.69) is 37.9 Å². The number of carbonyl (C=O) groups excluding carboxylic acids is 1. The number of amides is 1. The highest BCUT2D eigenvalue weighted by Gasteiger charge is 2.31. The first-order valence-corrected chi connectivity index (χ1v) is 11.2. The van der Waals surface area contributed by atoms with Crippen molar-refractivity contribution in [2.24, 2.45) is 17.8 Å². The highest BCUT2D eigenvalue weighted by atomic mass is 32.2. The van der Waals surface area contributed by atoms with Crippen molar-refractivity contribution in [3.05, 3.63) is 0 Å². The lowest BCUT2D eigenvalue weighted by Crippen LogP contribution is -2.47. The summed E-state index contributed by atoms with van der Waals surface area (Å²) in [6.45, 7) is 14.8. The minimum Gasteiger partial charge on any atom is -0.355 e. The Balaban J connectivity index is 2.47. The molecule has 0 unspecified atom stereocenters. The number of carbonyl (C=O) groups is 1. The lowest BCUT2D eigenvalue weighted by Gasteiger charge is -2.31. The van der Waals surface area contributed by atoms with E-state index in [0.29, 0.717) is 31.5 Å². The van der Waals surface area contributed by atoms with E-state index in [4.69, 9.17) is 0 Å². The predicted octanol–water partition coefficient (Wildman–Crippen LogP) is 1.78. The number of nitrogens with one attached hydrogen (secondary N) is 1. The van der Waals surface area contributed by atoms with Crippen LogP contribution in [-0.4, -0.2) is 68.6 Å². The number of piperidine rings is 1. The summed E-state index contributed by atoms with van der Waals surface area (Å²) in [4.78, 5) is 14.8. The number of hydrogen-bond acceptors (Lipinski definition) is 4. The van der Waals surface area contributed by atoms with Gasteiger partial charge in [-0.2, -0.15) is 0 Å². The second-order valence-corrected chi connectivity index (χ2v) is 10.2. The summed E-state index contributed by atoms with van der Waals surface area (Å²) in [7, 11) is -3.20. The molecule has 0 aromatic carbocycles. The molecule has 1 aliphatic heterocycles. The van der Waals surface area contributed by atoms with Gasteiger partial charge in [-0.1, -0.05) is 27.7 Å². The molecule has 6 nitrogen and oxygen atoms in total. The van der Waals surface area contributed by atoms with Crippen molar-refractivity contribution in [3.63, 3.8) is 0 Å². The third kappa shape index (κ3) is 8.05. The van der Waals surface area contributed by atoms with Gasteiger partial charge in [0.05, 0.1) is 11.7 Å². The number of rotatable bonds is 10. The maximum Gasteiger partial charge on any atom is 0.224 e. The van der Waals surface area contributed by atoms with Crippen molar-refractivity contribution in [1.29, 1.82) is 0 Å². The minimum atomic E-state index is -3.20. The molecule has 1 amide bonds. The van der Waals surface area contributed by atoms with Gasteiger partial charge in [-0.05, 0) is 31.6 Å². The summed E-state index contributed by atoms with van der Waals surface area (Å²) in [5, 5.41) is 3.02. The van der Waals surface area contributed by atoms with Crippen LogP contribution < -0.4 is 5.32 Å². The van der Waals surface area contributed by atoms with Gasteiger partial charge in [0.1, 0.15) is 0 Å². The van der Waals surface area contributed by atoms with E-state index in [1.54, 1.807) is 6.92 Å². The molecule has 0 saturated carbocycles. The Hall–Kier alpha value is -0.660. The van der Waals surface area contributed by atoms with Crippen LogP contribution in [0.15, 0.2) is 0 Å². The molecule has 0 aromatic rings. The zero-order chi connectivity index (χ0) is 19.0. The molecule has 1 rings (SSSR count). The first kappa shape index (κ1) is 22.4. The van der Waals surface area contributed by atoms with E-state index in [-0.39, 0.29) is 17.6 Å². The van der Waals surface area contributed by atoms with Crippen molar-refractivity contribution in [1.82, 2.24) is 14.5 Å². The van der Waals surface area contributed by atoms with Crippen LogP contribution >= 0.6 is 0 Å². The van der Waals surface area contributed by atoms with Gasteiger partial charge in [0, 0.05) is 39.3 Å². The molecular formula is C18H37N3O3S. The average molecular weight is 376 g/mol. The highest BCUT2D eigenvalue weighted by molar-refractivity contribution is 7.89. The van der Waals surface area contributed by atoms with Gasteiger partial charge in [-0.3, -0.25) is 4.79 Å². The summed E-state index contributed by atoms with van der Waals surface area (Å²) in [5.74, 6) is 1.06. The third-order valence-corrected chi connectivity index (χ3v) is 6.34. The van der Waals surface area contributed by atoms with Crippen molar-refractivity contribution in [2.75, 3.05) is 45.0 Å². The smallest absolute Gasteiger partial charge is 0.224 e. The SMILES string of the molecule is CCS(=O)(=O)N1CCC[C@@H](C(=O)NCCN(CC(C)C)CC(C)C)C1. The summed E-state index contributed by atoms with van der Waals surface area (Å²) >= 11 is 0. The fourth-order valence-electron chi connectivity index (χ4n) is 3.36. The largest absolute Gasteiger partial charge is 0.355 e. The van der Waals surface area contributed by atoms with E-state index < -0.39 is 10.0 Å². The minimum absolute atomic E-state index is 0.00922. The van der Waals surface area contributed by atoms with Crippen LogP contribution in [0.5, 0.6) is 0 Å². The Morgan fingerprint density at radius 1 is 1.20 bits per heavy atom. The van der Waals surface area contributed by atoms with E-state index in [0.717, 1.165) is 32.5 Å². The molecular weight excluding hydrogens is 338 g/mol. The monoisotopic (exact) mass is 375 g/mol. The molecule has 1 N–H and O–H groups in total. The average Bonchev–Trinajstić information content (AvgIpc) is 2.53. The van der Waals surface area contributed by atoms with Crippen molar-refractivity contribution in [3.8, 4) is 0 Å². The Morgan fingerprint density at radius 3 is 2.32 bits per heavy atom. The Bertz CT molecular complexity index is 496. The molecule has 1 heterocycles. The van der Waals surface area contributed by atoms with E-state index in [9.17, 15) is 13.2 Å². The topological polar surface area (TPSA) is 69.7 Å². The Labute approximate surface area is 154 Å². The second kappa shape index (κ2) is 10.5. The zero-order valence-corrected chi connectivity index (χ0v) is 17.4. The summed E-state index contributed by atoms with van der Waals surface area (Å²) in [6.07, 6.45) is 1.52. The van der Waals surface area contributed by atoms with Crippen LogP contribution in [0.1, 0.15) is 47.5 Å². The number of nitrogens with zero attached hydrogens (tertiary/aromatic N) is 2. The molecule has 1 aliphatic rings. The van der Waals surface area contributed by atoms with Crippen LogP contribution in [-0.2, 0) is 14.8 Å². The lowest BCUT2D eigenvalue weighted by molar-refractivity contribution is -0.126. The fraction of sp³-hybridized carbons (Fsp3) is 0.944. The standard InChI is InChI=1S/C18H37N3O3S/c1-6-25(23,24)21-10-7-8-17(14-21)18(22)19-9-11-20(12-15(2)3)13-16(4)5/h15-17H,6-14H2,1-5H3,(H,19,22)/t17-/m1/s1. The van der Waals surface area contributed by atoms with Gasteiger partial charge in [0.25, 0.3) is 0 Å². The molecule has 1 saturated heterocycles. The summed E-state index contributed by atoms with van der Waals surface area (Å²) in [6, 6.07) is 0. The van der Waals surface area contributed by atoms with Crippen molar-refractivity contribution in [2.45, 2.75) is 47.5 Å². The van der Waals surface area contributed by atoms with Gasteiger partial charge in [0.2, 0.25) is 15.9 Å². The van der Waals surface area contributed by atoms with Gasteiger partial charge < -0.3 is 10.2 Å². The lowest BCUT2D eigenvalue weighted by atomic mass is 9.99. The number of hydrogen-bond donors (Lipinski definition) is 1. The molecule has 0 radical (unpaired) electrons. The van der Waals surface area contributed by atoms with Crippen LogP contribution in [0.2, 0.25) is 0 Å². The molecule has 0 aromatic heterocycles. The molecule has 148 valence electrons. The van der Waals surface area contributed by atoms with Gasteiger partial charge in [-0.25, -0.2) is 12.7 Å². The van der Waals surface area contributed by atoms with Crippen LogP contribution in [0.3, 0.4) is 0 Å². The van der Waals surface area contributed by atoms with Gasteiger partial charge in [0.15, 0.2) is 0 Å². The predicted molar refractivity (Wildman–Crippen MR) is 103 cm³/mol. The first-order valence-electron chi connectivity index (χ1n) is 9.63. The maximum absolute atomic E-state index is 12.4. The second-order valence-electron chi connectivity index (χ2n) is 7.94. The normalized spacial score (nSPS) is 19.8. The van der Waals surface area contributed by atoms with Gasteiger partial charge in [-0.15, -0.1) is 0 Å². The van der Waals surface area contributed by atoms with Crippen LogP contribution in [0, 0.1) is 17.8 Å². The highest BCUT2D eigenvalue weighted by Crippen LogP contribution is 2.19. The zero-order valence-electron chi connectivity index (χ0n) is 16.6. The molecule has 0 bridgehead atoms. The number of sulfonamides is 1. The van der Waals surface area contributed by atoms with Gasteiger partial charge >= 0.3 is 0 Å². The van der Waals surface area contributed by atoms with Crippen molar-refractivity contribution < 1.29 is 13.2 Å². The maximum atomic E-state index is 12.4. The Morgan fingerprint density at radius 2 is 1.80 bits per heavy atom. The van der Waals surface area contributed by atoms with E-state index in [1.807, 2.05) is 0 Å². The Kier molecular flexibility index (Phi) is 9.38. The summed E-state index contributed by atoms with van der Waals surface area (Å²) in [5.41, 5.74) is 0. The van der Waals surface area contributed by atoms with E-state index in [1.165, 1.54) is 4.31 Å². The first-order chi connectivity index (χ1) is 11.7. The van der Waals surface area contributed by atoms with Crippen LogP contribution in [0.25, 0.3) is 0 Å².